The van der Waals surface area contributed by atoms with Crippen LogP contribution in [0.4, 0.5) is 13.2 Å². The van der Waals surface area contributed by atoms with Crippen molar-refractivity contribution in [2.75, 3.05) is 0 Å². The lowest BCUT2D eigenvalue weighted by Crippen LogP contribution is -2.16. The highest BCUT2D eigenvalue weighted by Crippen LogP contribution is 2.46. The van der Waals surface area contributed by atoms with Crippen molar-refractivity contribution < 1.29 is 18.3 Å². The number of halogens is 4. The number of nitriles is 1. The monoisotopic (exact) mass is 341 g/mol. The number of pyridine rings is 1. The molecular weight excluding hydrogens is 331 g/mol. The Morgan fingerprint density at radius 1 is 1.43 bits per heavy atom. The van der Waals surface area contributed by atoms with E-state index < -0.39 is 23.4 Å². The summed E-state index contributed by atoms with van der Waals surface area (Å²) in [6, 6.07) is 4.51. The molecule has 2 aromatic heterocycles. The lowest BCUT2D eigenvalue weighted by Gasteiger charge is -2.23. The number of aliphatic hydroxyl groups excluding tert-OH is 1. The molecule has 120 valence electrons. The Hall–Kier alpha value is -2.04. The fourth-order valence-corrected chi connectivity index (χ4v) is 3.24. The molecule has 1 N–H and O–H groups in total. The van der Waals surface area contributed by atoms with Gasteiger partial charge in [0.25, 0.3) is 0 Å². The van der Waals surface area contributed by atoms with Gasteiger partial charge in [0.2, 0.25) is 0 Å². The molecule has 23 heavy (non-hydrogen) atoms. The van der Waals surface area contributed by atoms with E-state index in [4.69, 9.17) is 11.6 Å². The molecule has 0 radical (unpaired) electrons. The maximum absolute atomic E-state index is 13.6. The molecule has 1 aliphatic heterocycles. The summed E-state index contributed by atoms with van der Waals surface area (Å²) in [6.45, 7) is 0.276. The van der Waals surface area contributed by atoms with E-state index in [0.29, 0.717) is 12.8 Å². The van der Waals surface area contributed by atoms with E-state index in [9.17, 15) is 23.5 Å². The summed E-state index contributed by atoms with van der Waals surface area (Å²) in [6.07, 6.45) is -3.65. The SMILES string of the molecule is N#Cc1c(C(F)(F)F)c(-c2cccnc2Cl)n2c1C(O)CCC2. The summed E-state index contributed by atoms with van der Waals surface area (Å²) in [5.41, 5.74) is -1.72. The van der Waals surface area contributed by atoms with Crippen LogP contribution in [0.2, 0.25) is 5.15 Å². The number of nitrogens with zero attached hydrogens (tertiary/aromatic N) is 3. The van der Waals surface area contributed by atoms with Crippen molar-refractivity contribution in [3.8, 4) is 17.3 Å². The molecule has 1 aliphatic rings. The summed E-state index contributed by atoms with van der Waals surface area (Å²) in [7, 11) is 0. The molecule has 0 amide bonds. The van der Waals surface area contributed by atoms with E-state index in [0.717, 1.165) is 0 Å². The summed E-state index contributed by atoms with van der Waals surface area (Å²) in [5.74, 6) is 0. The fraction of sp³-hybridized carbons (Fsp3) is 0.333. The van der Waals surface area contributed by atoms with Gasteiger partial charge in [0.15, 0.2) is 0 Å². The van der Waals surface area contributed by atoms with Crippen molar-refractivity contribution in [1.29, 1.82) is 5.26 Å². The predicted molar refractivity (Wildman–Crippen MR) is 76.6 cm³/mol. The van der Waals surface area contributed by atoms with Crippen molar-refractivity contribution in [3.05, 3.63) is 40.3 Å². The van der Waals surface area contributed by atoms with Gasteiger partial charge in [0, 0.05) is 18.3 Å². The molecular formula is C15H11ClF3N3O. The highest BCUT2D eigenvalue weighted by molar-refractivity contribution is 6.32. The number of fused-ring (bicyclic) bond motifs is 1. The Morgan fingerprint density at radius 2 is 2.17 bits per heavy atom. The van der Waals surface area contributed by atoms with Crippen LogP contribution in [0, 0.1) is 11.3 Å². The zero-order valence-electron chi connectivity index (χ0n) is 11.7. The highest BCUT2D eigenvalue weighted by Gasteiger charge is 2.43. The minimum atomic E-state index is -4.75. The maximum Gasteiger partial charge on any atom is 0.419 e. The third-order valence-electron chi connectivity index (χ3n) is 3.89. The van der Waals surface area contributed by atoms with Crippen molar-refractivity contribution in [2.24, 2.45) is 0 Å². The van der Waals surface area contributed by atoms with Crippen LogP contribution in [-0.4, -0.2) is 14.7 Å². The number of hydrogen-bond donors (Lipinski definition) is 1. The standard InChI is InChI=1S/C15H11ClF3N3O/c16-14-8(3-1-5-21-14)13-11(15(17,18)19)9(7-20)12-10(23)4-2-6-22(12)13/h1,3,5,10,23H,2,4,6H2. The minimum Gasteiger partial charge on any atom is -0.387 e. The smallest absolute Gasteiger partial charge is 0.387 e. The van der Waals surface area contributed by atoms with Crippen molar-refractivity contribution in [1.82, 2.24) is 9.55 Å². The molecule has 0 bridgehead atoms. The average Bonchev–Trinajstić information content (AvgIpc) is 2.83. The van der Waals surface area contributed by atoms with Gasteiger partial charge in [-0.2, -0.15) is 18.4 Å². The first-order chi connectivity index (χ1) is 10.9. The van der Waals surface area contributed by atoms with Crippen LogP contribution in [0.3, 0.4) is 0 Å². The molecule has 1 unspecified atom stereocenters. The summed E-state index contributed by atoms with van der Waals surface area (Å²) < 4.78 is 42.2. The van der Waals surface area contributed by atoms with Crippen LogP contribution >= 0.6 is 11.6 Å². The van der Waals surface area contributed by atoms with Crippen LogP contribution in [-0.2, 0) is 12.7 Å². The van der Waals surface area contributed by atoms with Gasteiger partial charge in [-0.15, -0.1) is 0 Å². The van der Waals surface area contributed by atoms with Crippen LogP contribution in [0.5, 0.6) is 0 Å². The Bertz CT molecular complexity index is 808. The largest absolute Gasteiger partial charge is 0.419 e. The van der Waals surface area contributed by atoms with Gasteiger partial charge < -0.3 is 9.67 Å². The molecule has 4 nitrogen and oxygen atoms in total. The zero-order chi connectivity index (χ0) is 16.8. The van der Waals surface area contributed by atoms with Crippen molar-refractivity contribution >= 4 is 11.6 Å². The number of aromatic nitrogens is 2. The number of hydrogen-bond acceptors (Lipinski definition) is 3. The Balaban J connectivity index is 2.44. The van der Waals surface area contributed by atoms with Crippen LogP contribution in [0.1, 0.15) is 35.8 Å². The fourth-order valence-electron chi connectivity index (χ4n) is 3.03. The second-order valence-corrected chi connectivity index (χ2v) is 5.60. The normalized spacial score (nSPS) is 17.7. The van der Waals surface area contributed by atoms with E-state index in [1.165, 1.54) is 22.9 Å². The molecule has 0 spiro atoms. The molecule has 3 rings (SSSR count). The van der Waals surface area contributed by atoms with E-state index in [-0.39, 0.29) is 28.6 Å². The van der Waals surface area contributed by atoms with Gasteiger partial charge in [-0.1, -0.05) is 11.6 Å². The van der Waals surface area contributed by atoms with Gasteiger partial charge >= 0.3 is 6.18 Å². The first-order valence-electron chi connectivity index (χ1n) is 6.89. The van der Waals surface area contributed by atoms with Crippen LogP contribution < -0.4 is 0 Å². The number of aliphatic hydroxyl groups is 1. The quantitative estimate of drug-likeness (QED) is 0.800. The third-order valence-corrected chi connectivity index (χ3v) is 4.19. The summed E-state index contributed by atoms with van der Waals surface area (Å²) >= 11 is 5.97. The van der Waals surface area contributed by atoms with E-state index in [2.05, 4.69) is 4.98 Å². The molecule has 0 saturated carbocycles. The molecule has 0 fully saturated rings. The van der Waals surface area contributed by atoms with Gasteiger partial charge in [0.1, 0.15) is 11.2 Å². The number of rotatable bonds is 1. The van der Waals surface area contributed by atoms with Gasteiger partial charge in [-0.25, -0.2) is 4.98 Å². The molecule has 1 atom stereocenters. The van der Waals surface area contributed by atoms with Gasteiger partial charge in [-0.05, 0) is 25.0 Å². The first-order valence-corrected chi connectivity index (χ1v) is 7.26. The number of alkyl halides is 3. The van der Waals surface area contributed by atoms with Gasteiger partial charge in [0.05, 0.1) is 28.6 Å². The Morgan fingerprint density at radius 3 is 2.78 bits per heavy atom. The van der Waals surface area contributed by atoms with Crippen LogP contribution in [0.25, 0.3) is 11.3 Å². The molecule has 0 saturated heterocycles. The maximum atomic E-state index is 13.6. The topological polar surface area (TPSA) is 61.8 Å². The van der Waals surface area contributed by atoms with E-state index >= 15 is 0 Å². The van der Waals surface area contributed by atoms with Crippen molar-refractivity contribution in [2.45, 2.75) is 31.7 Å². The average molecular weight is 342 g/mol. The van der Waals surface area contributed by atoms with Gasteiger partial charge in [-0.3, -0.25) is 0 Å². The first kappa shape index (κ1) is 15.8. The lowest BCUT2D eigenvalue weighted by molar-refractivity contribution is -0.137. The highest BCUT2D eigenvalue weighted by atomic mass is 35.5. The second kappa shape index (κ2) is 5.55. The second-order valence-electron chi connectivity index (χ2n) is 5.24. The zero-order valence-corrected chi connectivity index (χ0v) is 12.5. The van der Waals surface area contributed by atoms with Crippen LogP contribution in [0.15, 0.2) is 18.3 Å². The summed E-state index contributed by atoms with van der Waals surface area (Å²) in [4.78, 5) is 3.82. The third kappa shape index (κ3) is 2.48. The predicted octanol–water partition coefficient (Wildman–Crippen LogP) is 3.92. The molecule has 2 aromatic rings. The Kier molecular flexibility index (Phi) is 3.82. The summed E-state index contributed by atoms with van der Waals surface area (Å²) in [5, 5.41) is 19.3. The molecule has 3 heterocycles. The van der Waals surface area contributed by atoms with E-state index in [1.807, 2.05) is 0 Å². The molecule has 8 heteroatoms. The Labute approximate surface area is 134 Å². The molecule has 0 aliphatic carbocycles. The van der Waals surface area contributed by atoms with Crippen molar-refractivity contribution in [3.63, 3.8) is 0 Å². The van der Waals surface area contributed by atoms with E-state index in [1.54, 1.807) is 6.07 Å². The lowest BCUT2D eigenvalue weighted by atomic mass is 10.0. The molecule has 0 aromatic carbocycles. The minimum absolute atomic E-state index is 0.000921.